The second kappa shape index (κ2) is 12.9. The van der Waals surface area contributed by atoms with E-state index in [1.54, 1.807) is 13.0 Å². The molecule has 1 atom stereocenters. The second-order valence-corrected chi connectivity index (χ2v) is 11.4. The van der Waals surface area contributed by atoms with E-state index < -0.39 is 28.7 Å². The zero-order valence-electron chi connectivity index (χ0n) is 22.5. The van der Waals surface area contributed by atoms with Gasteiger partial charge in [-0.1, -0.05) is 49.7 Å². The molecule has 36 heavy (non-hydrogen) atoms. The molecule has 2 aromatic rings. The van der Waals surface area contributed by atoms with E-state index in [4.69, 9.17) is 0 Å². The fourth-order valence-corrected chi connectivity index (χ4v) is 4.89. The average molecular weight is 517 g/mol. The van der Waals surface area contributed by atoms with Crippen LogP contribution in [0, 0.1) is 20.8 Å². The van der Waals surface area contributed by atoms with Gasteiger partial charge < -0.3 is 10.2 Å². The molecule has 0 spiro atoms. The molecule has 2 aromatic carbocycles. The van der Waals surface area contributed by atoms with Crippen molar-refractivity contribution in [1.29, 1.82) is 0 Å². The van der Waals surface area contributed by atoms with Gasteiger partial charge in [-0.25, -0.2) is 4.31 Å². The van der Waals surface area contributed by atoms with Gasteiger partial charge in [0.2, 0.25) is 11.8 Å². The molecule has 0 aliphatic heterocycles. The van der Waals surface area contributed by atoms with Crippen LogP contribution in [0.25, 0.3) is 0 Å². The van der Waals surface area contributed by atoms with Crippen LogP contribution in [0.3, 0.4) is 0 Å². The first-order valence-corrected chi connectivity index (χ1v) is 13.7. The van der Waals surface area contributed by atoms with E-state index in [0.29, 0.717) is 12.2 Å². The number of carbonyl (C=O) groups is 2. The molecule has 1 N–H and O–H groups in total. The van der Waals surface area contributed by atoms with E-state index in [2.05, 4.69) is 5.32 Å². The van der Waals surface area contributed by atoms with Crippen molar-refractivity contribution in [2.24, 2.45) is 0 Å². The number of anilines is 1. The maximum Gasteiger partial charge on any atom is 0.304 e. The molecule has 2 amide bonds. The van der Waals surface area contributed by atoms with Crippen molar-refractivity contribution in [2.75, 3.05) is 31.5 Å². The number of nitrogens with one attached hydrogen (secondary N) is 1. The third kappa shape index (κ3) is 7.30. The van der Waals surface area contributed by atoms with Gasteiger partial charge in [0.05, 0.1) is 5.69 Å². The predicted molar refractivity (Wildman–Crippen MR) is 145 cm³/mol. The molecule has 0 radical (unpaired) electrons. The van der Waals surface area contributed by atoms with Crippen LogP contribution in [-0.2, 0) is 26.3 Å². The van der Waals surface area contributed by atoms with Crippen molar-refractivity contribution < 1.29 is 18.0 Å². The fraction of sp³-hybridized carbons (Fsp3) is 0.481. The number of carbonyl (C=O) groups excluding carboxylic acids is 2. The summed E-state index contributed by atoms with van der Waals surface area (Å²) in [5.74, 6) is -0.720. The molecule has 0 bridgehead atoms. The van der Waals surface area contributed by atoms with E-state index >= 15 is 0 Å². The summed E-state index contributed by atoms with van der Waals surface area (Å²) in [5.41, 5.74) is 3.93. The monoisotopic (exact) mass is 516 g/mol. The third-order valence-electron chi connectivity index (χ3n) is 6.25. The Morgan fingerprint density at radius 1 is 1.00 bits per heavy atom. The summed E-state index contributed by atoms with van der Waals surface area (Å²) >= 11 is 0. The molecule has 9 heteroatoms. The van der Waals surface area contributed by atoms with Crippen LogP contribution in [0.15, 0.2) is 42.5 Å². The maximum atomic E-state index is 13.8. The lowest BCUT2D eigenvalue weighted by atomic mass is 10.1. The summed E-state index contributed by atoms with van der Waals surface area (Å²) < 4.78 is 28.9. The summed E-state index contributed by atoms with van der Waals surface area (Å²) in [6, 6.07) is 12.4. The highest BCUT2D eigenvalue weighted by Gasteiger charge is 2.33. The smallest absolute Gasteiger partial charge is 0.304 e. The Bertz CT molecular complexity index is 1160. The molecule has 0 aliphatic rings. The maximum absolute atomic E-state index is 13.8. The first-order valence-electron chi connectivity index (χ1n) is 12.3. The third-order valence-corrected chi connectivity index (χ3v) is 8.06. The molecular formula is C27H40N4O4S. The Labute approximate surface area is 216 Å². The van der Waals surface area contributed by atoms with Crippen molar-refractivity contribution in [2.45, 2.75) is 60.0 Å². The molecule has 0 heterocycles. The number of benzene rings is 2. The van der Waals surface area contributed by atoms with Gasteiger partial charge >= 0.3 is 10.2 Å². The van der Waals surface area contributed by atoms with Crippen molar-refractivity contribution in [3.8, 4) is 0 Å². The number of amides is 2. The number of unbranched alkanes of at least 4 members (excludes halogenated alkanes) is 1. The summed E-state index contributed by atoms with van der Waals surface area (Å²) in [6.45, 7) is 9.64. The zero-order valence-corrected chi connectivity index (χ0v) is 23.4. The van der Waals surface area contributed by atoms with E-state index in [9.17, 15) is 18.0 Å². The minimum atomic E-state index is -3.99. The number of hydrogen-bond donors (Lipinski definition) is 1. The molecule has 0 aliphatic carbocycles. The van der Waals surface area contributed by atoms with Gasteiger partial charge in [-0.05, 0) is 62.4 Å². The fourth-order valence-electron chi connectivity index (χ4n) is 3.78. The summed E-state index contributed by atoms with van der Waals surface area (Å²) in [7, 11) is -1.11. The van der Waals surface area contributed by atoms with Crippen LogP contribution in [0.1, 0.15) is 48.9 Å². The highest BCUT2D eigenvalue weighted by Crippen LogP contribution is 2.26. The first kappa shape index (κ1) is 29.3. The topological polar surface area (TPSA) is 90.0 Å². The highest BCUT2D eigenvalue weighted by atomic mass is 32.2. The van der Waals surface area contributed by atoms with Crippen LogP contribution in [0.2, 0.25) is 0 Å². The molecule has 0 saturated heterocycles. The van der Waals surface area contributed by atoms with Gasteiger partial charge in [-0.15, -0.1) is 0 Å². The predicted octanol–water partition coefficient (Wildman–Crippen LogP) is 3.56. The molecule has 0 saturated carbocycles. The van der Waals surface area contributed by atoms with E-state index in [1.807, 2.05) is 64.1 Å². The minimum absolute atomic E-state index is 0.191. The molecule has 8 nitrogen and oxygen atoms in total. The van der Waals surface area contributed by atoms with E-state index in [0.717, 1.165) is 43.7 Å². The Kier molecular flexibility index (Phi) is 10.5. The summed E-state index contributed by atoms with van der Waals surface area (Å²) in [6.07, 6.45) is 1.78. The first-order chi connectivity index (χ1) is 16.9. The number of hydrogen-bond acceptors (Lipinski definition) is 4. The molecule has 198 valence electrons. The lowest BCUT2D eigenvalue weighted by Crippen LogP contribution is -2.52. The Hall–Kier alpha value is -2.91. The highest BCUT2D eigenvalue weighted by molar-refractivity contribution is 7.90. The van der Waals surface area contributed by atoms with E-state index in [1.165, 1.54) is 19.0 Å². The van der Waals surface area contributed by atoms with Crippen molar-refractivity contribution >= 4 is 27.7 Å². The lowest BCUT2D eigenvalue weighted by molar-refractivity contribution is -0.139. The number of rotatable bonds is 12. The van der Waals surface area contributed by atoms with Gasteiger partial charge in [-0.2, -0.15) is 12.7 Å². The second-order valence-electron chi connectivity index (χ2n) is 9.36. The van der Waals surface area contributed by atoms with Crippen LogP contribution < -0.4 is 9.62 Å². The van der Waals surface area contributed by atoms with Crippen molar-refractivity contribution in [3.05, 3.63) is 64.7 Å². The van der Waals surface area contributed by atoms with Crippen LogP contribution >= 0.6 is 0 Å². The molecular weight excluding hydrogens is 476 g/mol. The number of nitrogens with zero attached hydrogens (tertiary/aromatic N) is 3. The van der Waals surface area contributed by atoms with Gasteiger partial charge in [0, 0.05) is 27.2 Å². The van der Waals surface area contributed by atoms with Crippen molar-refractivity contribution in [3.63, 3.8) is 0 Å². The minimum Gasteiger partial charge on any atom is -0.354 e. The SMILES string of the molecule is CCCCNC(=O)[C@H](C)N(Cc1ccccc1C)C(=O)CN(c1cc(C)ccc1C)S(=O)(=O)N(C)C. The van der Waals surface area contributed by atoms with Gasteiger partial charge in [0.1, 0.15) is 12.6 Å². The van der Waals surface area contributed by atoms with Gasteiger partial charge in [0.25, 0.3) is 0 Å². The lowest BCUT2D eigenvalue weighted by Gasteiger charge is -2.33. The van der Waals surface area contributed by atoms with Gasteiger partial charge in [0.15, 0.2) is 0 Å². The molecule has 0 unspecified atom stereocenters. The molecule has 0 fully saturated rings. The largest absolute Gasteiger partial charge is 0.354 e. The molecule has 2 rings (SSSR count). The number of aryl methyl sites for hydroxylation is 3. The van der Waals surface area contributed by atoms with E-state index in [-0.39, 0.29) is 12.5 Å². The standard InChI is InChI=1S/C27H40N4O4S/c1-8-9-16-28-27(33)23(5)30(18-24-13-11-10-12-21(24)3)26(32)19-31(36(34,35)29(6)7)25-17-20(2)14-15-22(25)4/h10-15,17,23H,8-9,16,18-19H2,1-7H3,(H,28,33)/t23-/m0/s1. The van der Waals surface area contributed by atoms with Crippen LogP contribution in [-0.4, -0.2) is 62.7 Å². The van der Waals surface area contributed by atoms with Crippen LogP contribution in [0.5, 0.6) is 0 Å². The Balaban J connectivity index is 2.48. The van der Waals surface area contributed by atoms with Crippen molar-refractivity contribution in [1.82, 2.24) is 14.5 Å². The normalized spacial score (nSPS) is 12.3. The summed E-state index contributed by atoms with van der Waals surface area (Å²) in [5, 5.41) is 2.90. The van der Waals surface area contributed by atoms with Crippen LogP contribution in [0.4, 0.5) is 5.69 Å². The summed E-state index contributed by atoms with van der Waals surface area (Å²) in [4.78, 5) is 28.2. The van der Waals surface area contributed by atoms with Gasteiger partial charge in [-0.3, -0.25) is 9.59 Å². The Morgan fingerprint density at radius 2 is 1.67 bits per heavy atom. The average Bonchev–Trinajstić information content (AvgIpc) is 2.83. The molecule has 0 aromatic heterocycles. The Morgan fingerprint density at radius 3 is 2.28 bits per heavy atom. The zero-order chi connectivity index (χ0) is 27.0. The quantitative estimate of drug-likeness (QED) is 0.437.